The first-order chi connectivity index (χ1) is 18.8. The van der Waals surface area contributed by atoms with Gasteiger partial charge in [0.05, 0.1) is 34.0 Å². The Balaban J connectivity index is 1.37. The maximum atomic E-state index is 13.8. The van der Waals surface area contributed by atoms with Gasteiger partial charge in [-0.15, -0.1) is 0 Å². The summed E-state index contributed by atoms with van der Waals surface area (Å²) in [6.45, 7) is 2.81. The average molecular weight is 573 g/mol. The van der Waals surface area contributed by atoms with Crippen molar-refractivity contribution in [1.82, 2.24) is 14.3 Å². The van der Waals surface area contributed by atoms with Gasteiger partial charge in [0.1, 0.15) is 5.75 Å². The molecule has 8 nitrogen and oxygen atoms in total. The van der Waals surface area contributed by atoms with Crippen LogP contribution in [0.4, 0.5) is 13.9 Å². The number of piperidine rings is 1. The fourth-order valence-electron chi connectivity index (χ4n) is 4.51. The first-order valence-corrected chi connectivity index (χ1v) is 14.7. The zero-order valence-corrected chi connectivity index (χ0v) is 22.7. The number of thiazole rings is 1. The standard InChI is InChI=1S/C27H26F2N4O4S2/c1-2-37-20-6-9-24-25(15-20)38-27(31-24)33(17-19-5-3-4-12-30-19)26(34)18-10-13-32(14-11-18)39(35,36)21-7-8-22(28)23(29)16-21/h3-9,12,15-16,18H,2,10-11,13-14,17H2,1H3. The molecule has 0 bridgehead atoms. The molecule has 12 heteroatoms. The SMILES string of the molecule is CCOc1ccc2nc(N(Cc3ccccn3)C(=O)C3CCN(S(=O)(=O)c4ccc(F)c(F)c4)CC3)sc2c1. The molecule has 5 rings (SSSR count). The van der Waals surface area contributed by atoms with E-state index in [1.807, 2.05) is 37.3 Å². The van der Waals surface area contributed by atoms with Crippen LogP contribution in [0.25, 0.3) is 10.2 Å². The van der Waals surface area contributed by atoms with Gasteiger partial charge >= 0.3 is 0 Å². The van der Waals surface area contributed by atoms with Crippen LogP contribution in [0.5, 0.6) is 5.75 Å². The topological polar surface area (TPSA) is 92.7 Å². The summed E-state index contributed by atoms with van der Waals surface area (Å²) in [4.78, 5) is 24.2. The highest BCUT2D eigenvalue weighted by Gasteiger charge is 2.35. The van der Waals surface area contributed by atoms with Gasteiger partial charge in [-0.3, -0.25) is 14.7 Å². The molecule has 4 aromatic rings. The molecule has 204 valence electrons. The summed E-state index contributed by atoms with van der Waals surface area (Å²) in [6, 6.07) is 13.6. The van der Waals surface area contributed by atoms with E-state index in [-0.39, 0.29) is 43.3 Å². The second kappa shape index (κ2) is 11.3. The number of hydrogen-bond acceptors (Lipinski definition) is 7. The lowest BCUT2D eigenvalue weighted by molar-refractivity contribution is -0.123. The molecule has 0 unspecified atom stereocenters. The maximum absolute atomic E-state index is 13.8. The van der Waals surface area contributed by atoms with Crippen molar-refractivity contribution in [3.05, 3.63) is 78.1 Å². The average Bonchev–Trinajstić information content (AvgIpc) is 3.37. The van der Waals surface area contributed by atoms with Crippen LogP contribution in [0.15, 0.2) is 65.7 Å². The van der Waals surface area contributed by atoms with Gasteiger partial charge in [0.15, 0.2) is 16.8 Å². The van der Waals surface area contributed by atoms with Gasteiger partial charge in [0.2, 0.25) is 15.9 Å². The van der Waals surface area contributed by atoms with Crippen molar-refractivity contribution in [3.8, 4) is 5.75 Å². The molecule has 1 fully saturated rings. The molecule has 1 aliphatic rings. The lowest BCUT2D eigenvalue weighted by Gasteiger charge is -2.33. The Morgan fingerprint density at radius 3 is 2.59 bits per heavy atom. The van der Waals surface area contributed by atoms with Crippen molar-refractivity contribution >= 4 is 42.6 Å². The quantitative estimate of drug-likeness (QED) is 0.295. The van der Waals surface area contributed by atoms with E-state index in [9.17, 15) is 22.0 Å². The minimum atomic E-state index is -4.03. The van der Waals surface area contributed by atoms with E-state index >= 15 is 0 Å². The zero-order chi connectivity index (χ0) is 27.6. The second-order valence-corrected chi connectivity index (χ2v) is 12.0. The number of nitrogens with zero attached hydrogens (tertiary/aromatic N) is 4. The fourth-order valence-corrected chi connectivity index (χ4v) is 6.99. The fraction of sp³-hybridized carbons (Fsp3) is 0.296. The Kier molecular flexibility index (Phi) is 7.87. The number of rotatable bonds is 8. The van der Waals surface area contributed by atoms with E-state index in [2.05, 4.69) is 4.98 Å². The van der Waals surface area contributed by atoms with E-state index < -0.39 is 27.6 Å². The van der Waals surface area contributed by atoms with Crippen LogP contribution >= 0.6 is 11.3 Å². The second-order valence-electron chi connectivity index (χ2n) is 9.06. The van der Waals surface area contributed by atoms with Crippen LogP contribution in [0.3, 0.4) is 0 Å². The number of ether oxygens (including phenoxy) is 1. The summed E-state index contributed by atoms with van der Waals surface area (Å²) in [5.74, 6) is -2.24. The Morgan fingerprint density at radius 1 is 1.10 bits per heavy atom. The van der Waals surface area contributed by atoms with Gasteiger partial charge in [0.25, 0.3) is 0 Å². The normalized spacial score (nSPS) is 14.9. The van der Waals surface area contributed by atoms with E-state index in [0.717, 1.165) is 28.1 Å². The van der Waals surface area contributed by atoms with E-state index in [1.54, 1.807) is 17.2 Å². The molecule has 3 heterocycles. The third-order valence-corrected chi connectivity index (χ3v) is 9.47. The predicted molar refractivity (Wildman–Crippen MR) is 144 cm³/mol. The van der Waals surface area contributed by atoms with E-state index in [1.165, 1.54) is 15.6 Å². The van der Waals surface area contributed by atoms with Crippen LogP contribution in [0.1, 0.15) is 25.5 Å². The summed E-state index contributed by atoms with van der Waals surface area (Å²) < 4.78 is 60.7. The van der Waals surface area contributed by atoms with Crippen molar-refractivity contribution in [2.24, 2.45) is 5.92 Å². The molecule has 2 aromatic heterocycles. The first kappa shape index (κ1) is 27.1. The summed E-state index contributed by atoms with van der Waals surface area (Å²) >= 11 is 1.38. The molecule has 0 N–H and O–H groups in total. The van der Waals surface area contributed by atoms with Crippen molar-refractivity contribution in [3.63, 3.8) is 0 Å². The Bertz CT molecular complexity index is 1590. The zero-order valence-electron chi connectivity index (χ0n) is 21.1. The third kappa shape index (κ3) is 5.77. The van der Waals surface area contributed by atoms with Gasteiger partial charge in [-0.2, -0.15) is 4.31 Å². The van der Waals surface area contributed by atoms with Gasteiger partial charge in [-0.1, -0.05) is 17.4 Å². The molecule has 0 saturated carbocycles. The Hall–Kier alpha value is -3.48. The molecule has 1 aliphatic heterocycles. The molecular weight excluding hydrogens is 546 g/mol. The molecule has 2 aromatic carbocycles. The van der Waals surface area contributed by atoms with Gasteiger partial charge in [-0.05, 0) is 68.3 Å². The molecular formula is C27H26F2N4O4S2. The van der Waals surface area contributed by atoms with Crippen LogP contribution in [0, 0.1) is 17.6 Å². The number of sulfonamides is 1. The van der Waals surface area contributed by atoms with Gasteiger partial charge in [0, 0.05) is 25.2 Å². The number of carbonyl (C=O) groups excluding carboxylic acids is 1. The van der Waals surface area contributed by atoms with Crippen LogP contribution in [-0.2, 0) is 21.4 Å². The van der Waals surface area contributed by atoms with E-state index in [0.29, 0.717) is 23.5 Å². The maximum Gasteiger partial charge on any atom is 0.243 e. The predicted octanol–water partition coefficient (Wildman–Crippen LogP) is 5.00. The van der Waals surface area contributed by atoms with Crippen LogP contribution in [-0.4, -0.2) is 48.3 Å². The Morgan fingerprint density at radius 2 is 1.90 bits per heavy atom. The third-order valence-electron chi connectivity index (χ3n) is 6.53. The number of amides is 1. The van der Waals surface area contributed by atoms with Crippen molar-refractivity contribution in [2.45, 2.75) is 31.2 Å². The number of fused-ring (bicyclic) bond motifs is 1. The molecule has 0 aliphatic carbocycles. The highest BCUT2D eigenvalue weighted by Crippen LogP contribution is 2.34. The summed E-state index contributed by atoms with van der Waals surface area (Å²) in [5.41, 5.74) is 1.43. The van der Waals surface area contributed by atoms with Gasteiger partial charge < -0.3 is 4.74 Å². The molecule has 0 atom stereocenters. The van der Waals surface area contributed by atoms with Crippen LogP contribution in [0.2, 0.25) is 0 Å². The summed E-state index contributed by atoms with van der Waals surface area (Å²) in [7, 11) is -4.03. The molecule has 39 heavy (non-hydrogen) atoms. The van der Waals surface area contributed by atoms with Crippen molar-refractivity contribution in [1.29, 1.82) is 0 Å². The van der Waals surface area contributed by atoms with E-state index in [4.69, 9.17) is 9.72 Å². The molecule has 0 radical (unpaired) electrons. The van der Waals surface area contributed by atoms with Crippen LogP contribution < -0.4 is 9.64 Å². The lowest BCUT2D eigenvalue weighted by Crippen LogP contribution is -2.44. The minimum Gasteiger partial charge on any atom is -0.494 e. The highest BCUT2D eigenvalue weighted by molar-refractivity contribution is 7.89. The first-order valence-electron chi connectivity index (χ1n) is 12.5. The Labute approximate surface area is 228 Å². The number of halogens is 2. The monoisotopic (exact) mass is 572 g/mol. The number of aromatic nitrogens is 2. The number of anilines is 1. The number of benzene rings is 2. The lowest BCUT2D eigenvalue weighted by atomic mass is 9.96. The summed E-state index contributed by atoms with van der Waals surface area (Å²) in [6.07, 6.45) is 2.21. The molecule has 1 amide bonds. The number of hydrogen-bond donors (Lipinski definition) is 0. The minimum absolute atomic E-state index is 0.0761. The molecule has 0 spiro atoms. The van der Waals surface area contributed by atoms with Crippen molar-refractivity contribution < 1.29 is 26.7 Å². The largest absolute Gasteiger partial charge is 0.494 e. The number of pyridine rings is 1. The number of carbonyl (C=O) groups is 1. The summed E-state index contributed by atoms with van der Waals surface area (Å²) in [5, 5.41) is 0.520. The van der Waals surface area contributed by atoms with Gasteiger partial charge in [-0.25, -0.2) is 22.2 Å². The highest BCUT2D eigenvalue weighted by atomic mass is 32.2. The van der Waals surface area contributed by atoms with Crippen molar-refractivity contribution in [2.75, 3.05) is 24.6 Å². The molecule has 1 saturated heterocycles. The smallest absolute Gasteiger partial charge is 0.243 e.